The SMILES string of the molecule is CNC(Cc1cc(Cl)ccc1Cl)c1c(F)cccc1OC. The Balaban J connectivity index is 2.39. The van der Waals surface area contributed by atoms with Crippen LogP contribution in [-0.2, 0) is 6.42 Å². The van der Waals surface area contributed by atoms with Crippen LogP contribution in [0.25, 0.3) is 0 Å². The maximum Gasteiger partial charge on any atom is 0.131 e. The van der Waals surface area contributed by atoms with Gasteiger partial charge in [-0.2, -0.15) is 0 Å². The van der Waals surface area contributed by atoms with Gasteiger partial charge in [-0.3, -0.25) is 0 Å². The molecule has 0 aliphatic carbocycles. The number of halogens is 3. The van der Waals surface area contributed by atoms with E-state index in [2.05, 4.69) is 5.32 Å². The molecule has 2 rings (SSSR count). The van der Waals surface area contributed by atoms with Crippen LogP contribution in [0.15, 0.2) is 36.4 Å². The van der Waals surface area contributed by atoms with Crippen LogP contribution in [0.3, 0.4) is 0 Å². The Morgan fingerprint density at radius 2 is 2.00 bits per heavy atom. The fraction of sp³-hybridized carbons (Fsp3) is 0.250. The third-order valence-corrected chi connectivity index (χ3v) is 3.97. The van der Waals surface area contributed by atoms with Gasteiger partial charge in [-0.15, -0.1) is 0 Å². The van der Waals surface area contributed by atoms with E-state index in [1.165, 1.54) is 13.2 Å². The Morgan fingerprint density at radius 1 is 1.24 bits per heavy atom. The predicted molar refractivity (Wildman–Crippen MR) is 84.9 cm³/mol. The summed E-state index contributed by atoms with van der Waals surface area (Å²) in [6.45, 7) is 0. The van der Waals surface area contributed by atoms with Crippen LogP contribution in [-0.4, -0.2) is 14.2 Å². The number of rotatable bonds is 5. The molecule has 1 unspecified atom stereocenters. The zero-order valence-electron chi connectivity index (χ0n) is 11.8. The molecule has 0 aliphatic heterocycles. The minimum atomic E-state index is -0.313. The summed E-state index contributed by atoms with van der Waals surface area (Å²) >= 11 is 12.2. The van der Waals surface area contributed by atoms with E-state index in [0.29, 0.717) is 27.8 Å². The summed E-state index contributed by atoms with van der Waals surface area (Å²) in [5.74, 6) is 0.194. The maximum atomic E-state index is 14.2. The van der Waals surface area contributed by atoms with Crippen molar-refractivity contribution in [3.05, 3.63) is 63.4 Å². The van der Waals surface area contributed by atoms with Gasteiger partial charge < -0.3 is 10.1 Å². The highest BCUT2D eigenvalue weighted by molar-refractivity contribution is 6.33. The van der Waals surface area contributed by atoms with Gasteiger partial charge in [0.25, 0.3) is 0 Å². The molecule has 112 valence electrons. The van der Waals surface area contributed by atoms with Gasteiger partial charge in [0.05, 0.1) is 7.11 Å². The smallest absolute Gasteiger partial charge is 0.131 e. The van der Waals surface area contributed by atoms with Crippen molar-refractivity contribution in [1.82, 2.24) is 5.32 Å². The van der Waals surface area contributed by atoms with Gasteiger partial charge in [-0.05, 0) is 49.4 Å². The topological polar surface area (TPSA) is 21.3 Å². The minimum absolute atomic E-state index is 0.267. The first-order chi connectivity index (χ1) is 10.1. The third kappa shape index (κ3) is 3.67. The molecule has 0 bridgehead atoms. The first-order valence-electron chi connectivity index (χ1n) is 6.50. The van der Waals surface area contributed by atoms with Crippen molar-refractivity contribution in [1.29, 1.82) is 0 Å². The second-order valence-electron chi connectivity index (χ2n) is 4.64. The molecule has 2 aromatic carbocycles. The number of methoxy groups -OCH3 is 1. The van der Waals surface area contributed by atoms with Gasteiger partial charge in [0.2, 0.25) is 0 Å². The van der Waals surface area contributed by atoms with E-state index in [9.17, 15) is 4.39 Å². The Bertz CT molecular complexity index is 634. The lowest BCUT2D eigenvalue weighted by Gasteiger charge is -2.20. The van der Waals surface area contributed by atoms with E-state index < -0.39 is 0 Å². The largest absolute Gasteiger partial charge is 0.496 e. The summed E-state index contributed by atoms with van der Waals surface area (Å²) in [7, 11) is 3.30. The van der Waals surface area contributed by atoms with Crippen LogP contribution in [0.5, 0.6) is 5.75 Å². The molecule has 21 heavy (non-hydrogen) atoms. The zero-order chi connectivity index (χ0) is 15.4. The van der Waals surface area contributed by atoms with Crippen LogP contribution >= 0.6 is 23.2 Å². The molecule has 0 spiro atoms. The molecule has 1 atom stereocenters. The summed E-state index contributed by atoms with van der Waals surface area (Å²) in [6, 6.07) is 9.77. The molecule has 0 saturated carbocycles. The summed E-state index contributed by atoms with van der Waals surface area (Å²) in [6.07, 6.45) is 0.507. The normalized spacial score (nSPS) is 12.2. The monoisotopic (exact) mass is 327 g/mol. The van der Waals surface area contributed by atoms with Gasteiger partial charge in [0.1, 0.15) is 11.6 Å². The van der Waals surface area contributed by atoms with E-state index in [4.69, 9.17) is 27.9 Å². The van der Waals surface area contributed by atoms with Gasteiger partial charge in [-0.1, -0.05) is 29.3 Å². The van der Waals surface area contributed by atoms with Gasteiger partial charge in [0, 0.05) is 21.7 Å². The molecular formula is C16H16Cl2FNO. The standard InChI is InChI=1S/C16H16Cl2FNO/c1-20-14(9-10-8-11(17)6-7-12(10)18)16-13(19)4-3-5-15(16)21-2/h3-8,14,20H,9H2,1-2H3. The fourth-order valence-corrected chi connectivity index (χ4v) is 2.69. The van der Waals surface area contributed by atoms with Crippen molar-refractivity contribution in [2.45, 2.75) is 12.5 Å². The molecule has 0 fully saturated rings. The molecule has 2 nitrogen and oxygen atoms in total. The second-order valence-corrected chi connectivity index (χ2v) is 5.48. The number of benzene rings is 2. The number of hydrogen-bond donors (Lipinski definition) is 1. The van der Waals surface area contributed by atoms with E-state index in [1.807, 2.05) is 0 Å². The first kappa shape index (κ1) is 16.1. The highest BCUT2D eigenvalue weighted by Crippen LogP contribution is 2.32. The van der Waals surface area contributed by atoms with E-state index >= 15 is 0 Å². The zero-order valence-corrected chi connectivity index (χ0v) is 13.3. The quantitative estimate of drug-likeness (QED) is 0.863. The average Bonchev–Trinajstić information content (AvgIpc) is 2.48. The molecule has 0 radical (unpaired) electrons. The Labute approximate surface area is 133 Å². The fourth-order valence-electron chi connectivity index (χ4n) is 2.30. The van der Waals surface area contributed by atoms with Crippen molar-refractivity contribution in [2.24, 2.45) is 0 Å². The van der Waals surface area contributed by atoms with E-state index in [1.54, 1.807) is 37.4 Å². The molecule has 0 aliphatic rings. The lowest BCUT2D eigenvalue weighted by Crippen LogP contribution is -2.21. The molecule has 0 heterocycles. The molecule has 1 N–H and O–H groups in total. The van der Waals surface area contributed by atoms with Crippen LogP contribution in [0.4, 0.5) is 4.39 Å². The first-order valence-corrected chi connectivity index (χ1v) is 7.26. The second kappa shape index (κ2) is 7.12. The molecule has 5 heteroatoms. The summed E-state index contributed by atoms with van der Waals surface area (Å²) in [4.78, 5) is 0. The van der Waals surface area contributed by atoms with Crippen molar-refractivity contribution >= 4 is 23.2 Å². The van der Waals surface area contributed by atoms with Crippen LogP contribution < -0.4 is 10.1 Å². The number of hydrogen-bond acceptors (Lipinski definition) is 2. The summed E-state index contributed by atoms with van der Waals surface area (Å²) < 4.78 is 19.4. The summed E-state index contributed by atoms with van der Waals surface area (Å²) in [5.41, 5.74) is 1.34. The van der Waals surface area contributed by atoms with Crippen molar-refractivity contribution in [3.8, 4) is 5.75 Å². The van der Waals surface area contributed by atoms with Crippen molar-refractivity contribution in [2.75, 3.05) is 14.2 Å². The van der Waals surface area contributed by atoms with Crippen LogP contribution in [0.2, 0.25) is 10.0 Å². The van der Waals surface area contributed by atoms with Crippen LogP contribution in [0.1, 0.15) is 17.2 Å². The lowest BCUT2D eigenvalue weighted by molar-refractivity contribution is 0.393. The Morgan fingerprint density at radius 3 is 2.67 bits per heavy atom. The maximum absolute atomic E-state index is 14.2. The Hall–Kier alpha value is -1.29. The van der Waals surface area contributed by atoms with Gasteiger partial charge >= 0.3 is 0 Å². The molecular weight excluding hydrogens is 312 g/mol. The van der Waals surface area contributed by atoms with Crippen molar-refractivity contribution in [3.63, 3.8) is 0 Å². The Kier molecular flexibility index (Phi) is 5.45. The number of likely N-dealkylation sites (N-methyl/N-ethyl adjacent to an activating group) is 1. The van der Waals surface area contributed by atoms with E-state index in [-0.39, 0.29) is 11.9 Å². The summed E-state index contributed by atoms with van der Waals surface area (Å²) in [5, 5.41) is 4.32. The highest BCUT2D eigenvalue weighted by Gasteiger charge is 2.20. The molecule has 0 saturated heterocycles. The highest BCUT2D eigenvalue weighted by atomic mass is 35.5. The lowest BCUT2D eigenvalue weighted by atomic mass is 9.97. The van der Waals surface area contributed by atoms with Gasteiger partial charge in [-0.25, -0.2) is 4.39 Å². The number of ether oxygens (including phenoxy) is 1. The van der Waals surface area contributed by atoms with Crippen molar-refractivity contribution < 1.29 is 9.13 Å². The van der Waals surface area contributed by atoms with E-state index in [0.717, 1.165) is 5.56 Å². The number of nitrogens with one attached hydrogen (secondary N) is 1. The van der Waals surface area contributed by atoms with Gasteiger partial charge in [0.15, 0.2) is 0 Å². The molecule has 0 amide bonds. The van der Waals surface area contributed by atoms with Crippen LogP contribution in [0, 0.1) is 5.82 Å². The third-order valence-electron chi connectivity index (χ3n) is 3.36. The molecule has 0 aromatic heterocycles. The molecule has 2 aromatic rings. The minimum Gasteiger partial charge on any atom is -0.496 e. The average molecular weight is 328 g/mol. The predicted octanol–water partition coefficient (Wildman–Crippen LogP) is 4.64.